The molecule has 3 N–H and O–H groups in total. The van der Waals surface area contributed by atoms with Crippen LogP contribution in [0.5, 0.6) is 0 Å². The van der Waals surface area contributed by atoms with E-state index in [9.17, 15) is 0 Å². The van der Waals surface area contributed by atoms with Crippen LogP contribution in [0.15, 0.2) is 11.2 Å². The zero-order valence-corrected chi connectivity index (χ0v) is 11.0. The molecule has 0 amide bonds. The maximum absolute atomic E-state index is 5.74. The molecule has 1 aromatic rings. The molecular weight excluding hydrogens is 236 g/mol. The van der Waals surface area contributed by atoms with Gasteiger partial charge >= 0.3 is 0 Å². The van der Waals surface area contributed by atoms with Gasteiger partial charge in [-0.05, 0) is 19.6 Å². The Hall–Kier alpha value is -1.01. The Labute approximate surface area is 106 Å². The van der Waals surface area contributed by atoms with Crippen molar-refractivity contribution in [3.8, 4) is 0 Å². The minimum absolute atomic E-state index is 0.335. The molecular formula is C11H18N4OS. The van der Waals surface area contributed by atoms with E-state index in [1.54, 1.807) is 6.07 Å². The second-order valence-corrected chi connectivity index (χ2v) is 4.99. The van der Waals surface area contributed by atoms with Crippen molar-refractivity contribution in [2.24, 2.45) is 5.92 Å². The zero-order chi connectivity index (χ0) is 12.3. The third-order valence-electron chi connectivity index (χ3n) is 2.96. The normalized spacial score (nSPS) is 21.4. The number of ether oxygens (including phenoxy) is 1. The van der Waals surface area contributed by atoms with Crippen LogP contribution in [0.25, 0.3) is 0 Å². The maximum atomic E-state index is 5.74. The lowest BCUT2D eigenvalue weighted by Crippen LogP contribution is -2.26. The molecule has 0 spiro atoms. The van der Waals surface area contributed by atoms with Crippen LogP contribution in [0.4, 0.5) is 11.6 Å². The third-order valence-corrected chi connectivity index (χ3v) is 3.50. The highest BCUT2D eigenvalue weighted by atomic mass is 32.2. The predicted octanol–water partition coefficient (Wildman–Crippen LogP) is 1.62. The molecule has 2 rings (SSSR count). The van der Waals surface area contributed by atoms with Gasteiger partial charge in [0.2, 0.25) is 0 Å². The van der Waals surface area contributed by atoms with Gasteiger partial charge in [-0.15, -0.1) is 0 Å². The van der Waals surface area contributed by atoms with Crippen molar-refractivity contribution in [3.05, 3.63) is 6.07 Å². The van der Waals surface area contributed by atoms with Gasteiger partial charge in [0.25, 0.3) is 0 Å². The summed E-state index contributed by atoms with van der Waals surface area (Å²) in [5.41, 5.74) is 5.74. The molecule has 6 heteroatoms. The number of thioether (sulfide) groups is 1. The fourth-order valence-electron chi connectivity index (χ4n) is 1.91. The Morgan fingerprint density at radius 3 is 3.06 bits per heavy atom. The summed E-state index contributed by atoms with van der Waals surface area (Å²) in [5, 5.41) is 4.07. The number of hydrogen-bond acceptors (Lipinski definition) is 6. The highest BCUT2D eigenvalue weighted by Gasteiger charge is 2.22. The van der Waals surface area contributed by atoms with Crippen LogP contribution in [0.2, 0.25) is 0 Å². The van der Waals surface area contributed by atoms with E-state index in [0.29, 0.717) is 22.9 Å². The average molecular weight is 254 g/mol. The van der Waals surface area contributed by atoms with E-state index in [4.69, 9.17) is 10.5 Å². The van der Waals surface area contributed by atoms with Gasteiger partial charge in [-0.1, -0.05) is 11.8 Å². The minimum atomic E-state index is 0.335. The molecule has 1 aromatic heterocycles. The highest BCUT2D eigenvalue weighted by Crippen LogP contribution is 2.21. The molecule has 0 saturated carbocycles. The van der Waals surface area contributed by atoms with Crippen molar-refractivity contribution in [3.63, 3.8) is 0 Å². The molecule has 1 aliphatic rings. The number of nitrogen functional groups attached to an aromatic ring is 1. The predicted molar refractivity (Wildman–Crippen MR) is 70.2 cm³/mol. The van der Waals surface area contributed by atoms with Crippen LogP contribution in [0, 0.1) is 5.92 Å². The van der Waals surface area contributed by atoms with E-state index >= 15 is 0 Å². The van der Waals surface area contributed by atoms with Gasteiger partial charge in [0, 0.05) is 24.6 Å². The number of aromatic nitrogens is 2. The van der Waals surface area contributed by atoms with Gasteiger partial charge in [0.1, 0.15) is 11.6 Å². The molecule has 0 radical (unpaired) electrons. The van der Waals surface area contributed by atoms with Gasteiger partial charge in [-0.2, -0.15) is 0 Å². The first kappa shape index (κ1) is 12.4. The van der Waals surface area contributed by atoms with Crippen molar-refractivity contribution < 1.29 is 4.74 Å². The van der Waals surface area contributed by atoms with Crippen molar-refractivity contribution in [2.75, 3.05) is 30.5 Å². The van der Waals surface area contributed by atoms with Gasteiger partial charge in [-0.3, -0.25) is 0 Å². The van der Waals surface area contributed by atoms with Crippen molar-refractivity contribution in [1.29, 1.82) is 0 Å². The number of nitrogens with two attached hydrogens (primary N) is 1. The SMILES string of the molecule is CSc1nc(N)cc(NC(C)C2CCOC2)n1. The lowest BCUT2D eigenvalue weighted by molar-refractivity contribution is 0.183. The Balaban J connectivity index is 2.04. The fraction of sp³-hybridized carbons (Fsp3) is 0.636. The summed E-state index contributed by atoms with van der Waals surface area (Å²) >= 11 is 1.49. The van der Waals surface area contributed by atoms with Crippen LogP contribution in [0.3, 0.4) is 0 Å². The Kier molecular flexibility index (Phi) is 4.06. The van der Waals surface area contributed by atoms with E-state index in [1.807, 2.05) is 6.26 Å². The third kappa shape index (κ3) is 3.23. The van der Waals surface area contributed by atoms with Crippen LogP contribution in [-0.2, 0) is 4.74 Å². The average Bonchev–Trinajstić information content (AvgIpc) is 2.81. The van der Waals surface area contributed by atoms with Gasteiger partial charge < -0.3 is 15.8 Å². The summed E-state index contributed by atoms with van der Waals surface area (Å²) < 4.78 is 5.38. The zero-order valence-electron chi connectivity index (χ0n) is 10.1. The molecule has 94 valence electrons. The molecule has 1 fully saturated rings. The monoisotopic (exact) mass is 254 g/mol. The van der Waals surface area contributed by atoms with Crippen LogP contribution < -0.4 is 11.1 Å². The van der Waals surface area contributed by atoms with Gasteiger partial charge in [0.05, 0.1) is 6.61 Å². The summed E-state index contributed by atoms with van der Waals surface area (Å²) in [5.74, 6) is 1.84. The molecule has 0 aliphatic carbocycles. The first-order chi connectivity index (χ1) is 8.19. The van der Waals surface area contributed by atoms with Crippen LogP contribution in [-0.4, -0.2) is 35.5 Å². The summed E-state index contributed by atoms with van der Waals surface area (Å²) in [6.07, 6.45) is 3.04. The van der Waals surface area contributed by atoms with E-state index in [-0.39, 0.29) is 0 Å². The first-order valence-corrected chi connectivity index (χ1v) is 6.94. The number of nitrogens with zero attached hydrogens (tertiary/aromatic N) is 2. The van der Waals surface area contributed by atoms with E-state index in [0.717, 1.165) is 25.5 Å². The summed E-state index contributed by atoms with van der Waals surface area (Å²) in [4.78, 5) is 8.51. The molecule has 1 aliphatic heterocycles. The molecule has 0 aromatic carbocycles. The van der Waals surface area contributed by atoms with Gasteiger partial charge in [0.15, 0.2) is 5.16 Å². The Morgan fingerprint density at radius 1 is 1.59 bits per heavy atom. The van der Waals surface area contributed by atoms with E-state index in [1.165, 1.54) is 11.8 Å². The number of rotatable bonds is 4. The quantitative estimate of drug-likeness (QED) is 0.628. The first-order valence-electron chi connectivity index (χ1n) is 5.72. The largest absolute Gasteiger partial charge is 0.383 e. The molecule has 1 saturated heterocycles. The van der Waals surface area contributed by atoms with Gasteiger partial charge in [-0.25, -0.2) is 9.97 Å². The summed E-state index contributed by atoms with van der Waals surface area (Å²) in [6, 6.07) is 2.10. The molecule has 5 nitrogen and oxygen atoms in total. The second-order valence-electron chi connectivity index (χ2n) is 4.22. The number of hydrogen-bond donors (Lipinski definition) is 2. The fourth-order valence-corrected chi connectivity index (χ4v) is 2.29. The molecule has 2 unspecified atom stereocenters. The molecule has 0 bridgehead atoms. The van der Waals surface area contributed by atoms with Crippen LogP contribution >= 0.6 is 11.8 Å². The highest BCUT2D eigenvalue weighted by molar-refractivity contribution is 7.98. The van der Waals surface area contributed by atoms with Crippen molar-refractivity contribution in [2.45, 2.75) is 24.5 Å². The smallest absolute Gasteiger partial charge is 0.191 e. The molecule has 17 heavy (non-hydrogen) atoms. The van der Waals surface area contributed by atoms with Crippen molar-refractivity contribution in [1.82, 2.24) is 9.97 Å². The molecule has 2 atom stereocenters. The standard InChI is InChI=1S/C11H18N4OS/c1-7(8-3-4-16-6-8)13-10-5-9(12)14-11(15-10)17-2/h5,7-8H,3-4,6H2,1-2H3,(H3,12,13,14,15). The maximum Gasteiger partial charge on any atom is 0.191 e. The van der Waals surface area contributed by atoms with E-state index < -0.39 is 0 Å². The summed E-state index contributed by atoms with van der Waals surface area (Å²) in [7, 11) is 0. The van der Waals surface area contributed by atoms with E-state index in [2.05, 4.69) is 22.2 Å². The Bertz CT molecular complexity index is 382. The lowest BCUT2D eigenvalue weighted by Gasteiger charge is -2.20. The summed E-state index contributed by atoms with van der Waals surface area (Å²) in [6.45, 7) is 3.83. The topological polar surface area (TPSA) is 73.1 Å². The Morgan fingerprint density at radius 2 is 2.41 bits per heavy atom. The van der Waals surface area contributed by atoms with Crippen molar-refractivity contribution >= 4 is 23.4 Å². The lowest BCUT2D eigenvalue weighted by atomic mass is 10.0. The minimum Gasteiger partial charge on any atom is -0.383 e. The number of anilines is 2. The van der Waals surface area contributed by atoms with Crippen LogP contribution in [0.1, 0.15) is 13.3 Å². The number of nitrogens with one attached hydrogen (secondary N) is 1. The second kappa shape index (κ2) is 5.55. The molecule has 2 heterocycles.